The molecule has 0 amide bonds. The van der Waals surface area contributed by atoms with Crippen molar-refractivity contribution in [2.75, 3.05) is 0 Å². The molecule has 16 heavy (non-hydrogen) atoms. The Kier molecular flexibility index (Phi) is 7.59. The normalized spacial score (nSPS) is 13.1. The van der Waals surface area contributed by atoms with E-state index in [4.69, 9.17) is 5.11 Å². The van der Waals surface area contributed by atoms with Crippen molar-refractivity contribution in [2.45, 2.75) is 38.8 Å². The van der Waals surface area contributed by atoms with Crippen molar-refractivity contribution >= 4 is 18.1 Å². The molecular formula is C10H14N2O4. The van der Waals surface area contributed by atoms with E-state index in [1.165, 1.54) is 12.2 Å². The van der Waals surface area contributed by atoms with Gasteiger partial charge in [0.15, 0.2) is 6.17 Å². The van der Waals surface area contributed by atoms with Crippen LogP contribution >= 0.6 is 0 Å². The van der Waals surface area contributed by atoms with Crippen LogP contribution in [0.2, 0.25) is 0 Å². The molecule has 1 unspecified atom stereocenters. The van der Waals surface area contributed by atoms with Gasteiger partial charge >= 0.3 is 5.97 Å². The predicted octanol–water partition coefficient (Wildman–Crippen LogP) is 1.27. The van der Waals surface area contributed by atoms with E-state index in [2.05, 4.69) is 9.98 Å². The second kappa shape index (κ2) is 8.53. The first-order valence-corrected chi connectivity index (χ1v) is 4.97. The number of carbonyl (C=O) groups excluding carboxylic acids is 2. The van der Waals surface area contributed by atoms with Gasteiger partial charge < -0.3 is 5.11 Å². The monoisotopic (exact) mass is 226 g/mol. The van der Waals surface area contributed by atoms with Crippen LogP contribution in [0, 0.1) is 5.92 Å². The smallest absolute Gasteiger partial charge is 0.303 e. The highest BCUT2D eigenvalue weighted by atomic mass is 16.4. The number of carboxylic acid groups (broad SMARTS) is 1. The highest BCUT2D eigenvalue weighted by Crippen LogP contribution is 2.16. The molecule has 1 N–H and O–H groups in total. The molecule has 0 aromatic carbocycles. The van der Waals surface area contributed by atoms with E-state index in [1.807, 2.05) is 0 Å². The van der Waals surface area contributed by atoms with E-state index < -0.39 is 12.1 Å². The van der Waals surface area contributed by atoms with Crippen molar-refractivity contribution in [1.82, 2.24) is 0 Å². The lowest BCUT2D eigenvalue weighted by Gasteiger charge is -2.12. The van der Waals surface area contributed by atoms with Gasteiger partial charge in [0.1, 0.15) is 0 Å². The van der Waals surface area contributed by atoms with Gasteiger partial charge in [0.25, 0.3) is 0 Å². The topological polar surface area (TPSA) is 96.2 Å². The van der Waals surface area contributed by atoms with Gasteiger partial charge in [0.2, 0.25) is 12.2 Å². The second-order valence-corrected chi connectivity index (χ2v) is 3.47. The lowest BCUT2D eigenvalue weighted by molar-refractivity contribution is -0.137. The van der Waals surface area contributed by atoms with E-state index in [-0.39, 0.29) is 12.3 Å². The van der Waals surface area contributed by atoms with Crippen LogP contribution in [-0.2, 0) is 14.4 Å². The lowest BCUT2D eigenvalue weighted by atomic mass is 10.0. The predicted molar refractivity (Wildman–Crippen MR) is 55.3 cm³/mol. The Hall–Kier alpha value is -1.77. The van der Waals surface area contributed by atoms with Crippen molar-refractivity contribution in [2.24, 2.45) is 15.9 Å². The Balaban J connectivity index is 4.00. The average Bonchev–Trinajstić information content (AvgIpc) is 2.23. The standard InChI is InChI=1S/C10H14N2O4/c1-8(4-2-3-5-9(15)16)10(11-6-13)12-7-14/h8,10H,2-5H2,1H3,(H,15,16). The molecular weight excluding hydrogens is 212 g/mol. The molecule has 0 aliphatic carbocycles. The van der Waals surface area contributed by atoms with Crippen LogP contribution in [0.15, 0.2) is 9.98 Å². The van der Waals surface area contributed by atoms with Crippen LogP contribution in [-0.4, -0.2) is 29.4 Å². The summed E-state index contributed by atoms with van der Waals surface area (Å²) in [4.78, 5) is 37.1. The summed E-state index contributed by atoms with van der Waals surface area (Å²) in [5.74, 6) is -0.933. The molecule has 0 rings (SSSR count). The summed E-state index contributed by atoms with van der Waals surface area (Å²) in [6, 6.07) is 0. The molecule has 0 aliphatic heterocycles. The number of hydrogen-bond acceptors (Lipinski definition) is 5. The zero-order chi connectivity index (χ0) is 12.4. The Morgan fingerprint density at radius 1 is 1.25 bits per heavy atom. The SMILES string of the molecule is CC(CCCCC(=O)O)C(N=C=O)N=C=O. The number of aliphatic imine (C=N–C) groups is 2. The average molecular weight is 226 g/mol. The Labute approximate surface area is 93.1 Å². The summed E-state index contributed by atoms with van der Waals surface area (Å²) in [6.45, 7) is 1.78. The van der Waals surface area contributed by atoms with E-state index in [1.54, 1.807) is 6.92 Å². The quantitative estimate of drug-likeness (QED) is 0.383. The number of rotatable bonds is 8. The minimum atomic E-state index is -0.832. The number of aliphatic carboxylic acids is 1. The summed E-state index contributed by atoms with van der Waals surface area (Å²) in [6.07, 6.45) is 3.96. The summed E-state index contributed by atoms with van der Waals surface area (Å²) in [5, 5.41) is 8.42. The third-order valence-corrected chi connectivity index (χ3v) is 2.18. The third-order valence-electron chi connectivity index (χ3n) is 2.18. The van der Waals surface area contributed by atoms with E-state index in [9.17, 15) is 14.4 Å². The zero-order valence-corrected chi connectivity index (χ0v) is 9.05. The van der Waals surface area contributed by atoms with Crippen LogP contribution in [0.3, 0.4) is 0 Å². The fourth-order valence-corrected chi connectivity index (χ4v) is 1.28. The van der Waals surface area contributed by atoms with Gasteiger partial charge in [0, 0.05) is 12.3 Å². The first-order valence-electron chi connectivity index (χ1n) is 4.97. The maximum Gasteiger partial charge on any atom is 0.303 e. The highest BCUT2D eigenvalue weighted by Gasteiger charge is 2.14. The fourth-order valence-electron chi connectivity index (χ4n) is 1.28. The molecule has 0 heterocycles. The van der Waals surface area contributed by atoms with Gasteiger partial charge in [-0.2, -0.15) is 9.98 Å². The van der Waals surface area contributed by atoms with Gasteiger partial charge in [-0.25, -0.2) is 9.59 Å². The molecule has 0 saturated carbocycles. The summed E-state index contributed by atoms with van der Waals surface area (Å²) in [5.41, 5.74) is 0. The fraction of sp³-hybridized carbons (Fsp3) is 0.700. The number of carboxylic acids is 1. The number of carbonyl (C=O) groups is 1. The van der Waals surface area contributed by atoms with Crippen molar-refractivity contribution in [3.05, 3.63) is 0 Å². The van der Waals surface area contributed by atoms with Crippen molar-refractivity contribution in [3.8, 4) is 0 Å². The molecule has 6 heteroatoms. The van der Waals surface area contributed by atoms with Crippen LogP contribution in [0.1, 0.15) is 32.6 Å². The van der Waals surface area contributed by atoms with Gasteiger partial charge in [-0.15, -0.1) is 0 Å². The number of isocyanates is 2. The minimum Gasteiger partial charge on any atom is -0.481 e. The van der Waals surface area contributed by atoms with Crippen LogP contribution in [0.5, 0.6) is 0 Å². The van der Waals surface area contributed by atoms with E-state index >= 15 is 0 Å². The van der Waals surface area contributed by atoms with Crippen molar-refractivity contribution in [3.63, 3.8) is 0 Å². The zero-order valence-electron chi connectivity index (χ0n) is 9.05. The molecule has 0 saturated heterocycles. The van der Waals surface area contributed by atoms with E-state index in [0.717, 1.165) is 0 Å². The van der Waals surface area contributed by atoms with Crippen LogP contribution < -0.4 is 0 Å². The number of unbranched alkanes of at least 4 members (excludes halogenated alkanes) is 1. The lowest BCUT2D eigenvalue weighted by Crippen LogP contribution is -2.13. The molecule has 1 atom stereocenters. The largest absolute Gasteiger partial charge is 0.481 e. The Bertz CT molecular complexity index is 299. The van der Waals surface area contributed by atoms with Gasteiger partial charge in [0.05, 0.1) is 0 Å². The van der Waals surface area contributed by atoms with Gasteiger partial charge in [-0.05, 0) is 12.8 Å². The van der Waals surface area contributed by atoms with Gasteiger partial charge in [-0.1, -0.05) is 13.3 Å². The first-order chi connectivity index (χ1) is 7.61. The molecule has 0 bridgehead atoms. The first kappa shape index (κ1) is 14.2. The second-order valence-electron chi connectivity index (χ2n) is 3.47. The molecule has 0 radical (unpaired) electrons. The van der Waals surface area contributed by atoms with Crippen LogP contribution in [0.25, 0.3) is 0 Å². The molecule has 6 nitrogen and oxygen atoms in total. The number of hydrogen-bond donors (Lipinski definition) is 1. The van der Waals surface area contributed by atoms with Crippen LogP contribution in [0.4, 0.5) is 0 Å². The maximum atomic E-state index is 10.2. The van der Waals surface area contributed by atoms with Crippen molar-refractivity contribution in [1.29, 1.82) is 0 Å². The minimum absolute atomic E-state index is 0.100. The molecule has 0 aromatic rings. The molecule has 0 spiro atoms. The molecule has 0 fully saturated rings. The summed E-state index contributed by atoms with van der Waals surface area (Å²) < 4.78 is 0. The molecule has 0 aromatic heterocycles. The van der Waals surface area contributed by atoms with E-state index in [0.29, 0.717) is 19.3 Å². The maximum absolute atomic E-state index is 10.2. The third kappa shape index (κ3) is 6.65. The Morgan fingerprint density at radius 2 is 1.81 bits per heavy atom. The van der Waals surface area contributed by atoms with Crippen molar-refractivity contribution < 1.29 is 19.5 Å². The summed E-state index contributed by atoms with van der Waals surface area (Å²) in [7, 11) is 0. The molecule has 88 valence electrons. The number of nitrogens with zero attached hydrogens (tertiary/aromatic N) is 2. The highest BCUT2D eigenvalue weighted by molar-refractivity contribution is 5.66. The molecule has 0 aliphatic rings. The van der Waals surface area contributed by atoms with Gasteiger partial charge in [-0.3, -0.25) is 4.79 Å². The Morgan fingerprint density at radius 3 is 2.25 bits per heavy atom. The summed E-state index contributed by atoms with van der Waals surface area (Å²) >= 11 is 0.